The third-order valence-electron chi connectivity index (χ3n) is 6.78. The number of anilines is 1. The molecule has 5 rings (SSSR count). The number of amides is 5. The minimum Gasteiger partial charge on any atom is -0.357 e. The number of imide groups is 2. The smallest absolute Gasteiger partial charge is 0.262 e. The van der Waals surface area contributed by atoms with Crippen LogP contribution in [0.5, 0.6) is 0 Å². The summed E-state index contributed by atoms with van der Waals surface area (Å²) in [6, 6.07) is 0.686. The number of carbonyl (C=O) groups excluding carboxylic acids is 5. The third-order valence-corrected chi connectivity index (χ3v) is 6.78. The van der Waals surface area contributed by atoms with Crippen LogP contribution in [0.4, 0.5) is 10.1 Å². The summed E-state index contributed by atoms with van der Waals surface area (Å²) in [6.07, 6.45) is 1.31. The number of hydrogen-bond donors (Lipinski definition) is 2. The molecule has 4 heterocycles. The molecule has 1 unspecified atom stereocenters. The Balaban J connectivity index is 1.43. The standard InChI is InChI=1S/C22H24FN5O5/c23-14-10-12-13(21(32)28(20(12)31)15-3-4-18(29)25-19(15)30)11-17(14)27-7-1-2-16(27)22(33)26-8-5-24-6-9-26/h10-11,15-16,24H,1-9H2,(H,25,29,30)/t15?,16-/m0/s1. The van der Waals surface area contributed by atoms with Gasteiger partial charge in [0.15, 0.2) is 0 Å². The van der Waals surface area contributed by atoms with Crippen LogP contribution in [0.25, 0.3) is 0 Å². The molecule has 0 radical (unpaired) electrons. The summed E-state index contributed by atoms with van der Waals surface area (Å²) in [5, 5.41) is 5.34. The highest BCUT2D eigenvalue weighted by molar-refractivity contribution is 6.23. The van der Waals surface area contributed by atoms with Crippen molar-refractivity contribution in [3.63, 3.8) is 0 Å². The predicted molar refractivity (Wildman–Crippen MR) is 113 cm³/mol. The normalized spacial score (nSPS) is 25.5. The molecule has 4 aliphatic rings. The Morgan fingerprint density at radius 1 is 0.970 bits per heavy atom. The molecule has 11 heteroatoms. The summed E-state index contributed by atoms with van der Waals surface area (Å²) in [5.74, 6) is -3.40. The maximum Gasteiger partial charge on any atom is 0.262 e. The van der Waals surface area contributed by atoms with E-state index in [2.05, 4.69) is 10.6 Å². The van der Waals surface area contributed by atoms with Gasteiger partial charge in [-0.2, -0.15) is 0 Å². The number of hydrogen-bond acceptors (Lipinski definition) is 7. The Bertz CT molecular complexity index is 1070. The summed E-state index contributed by atoms with van der Waals surface area (Å²) >= 11 is 0. The van der Waals surface area contributed by atoms with Crippen LogP contribution in [0.2, 0.25) is 0 Å². The SMILES string of the molecule is O=C1CCC(N2C(=O)c3cc(F)c(N4CCC[C@H]4C(=O)N4CCNCC4)cc3C2=O)C(=O)N1. The highest BCUT2D eigenvalue weighted by Crippen LogP contribution is 2.35. The van der Waals surface area contributed by atoms with Gasteiger partial charge in [-0.1, -0.05) is 0 Å². The van der Waals surface area contributed by atoms with Crippen LogP contribution < -0.4 is 15.5 Å². The molecule has 3 saturated heterocycles. The highest BCUT2D eigenvalue weighted by Gasteiger charge is 2.46. The third kappa shape index (κ3) is 3.56. The summed E-state index contributed by atoms with van der Waals surface area (Å²) in [4.78, 5) is 67.0. The van der Waals surface area contributed by atoms with E-state index in [-0.39, 0.29) is 35.6 Å². The van der Waals surface area contributed by atoms with E-state index in [1.54, 1.807) is 9.80 Å². The van der Waals surface area contributed by atoms with Crippen molar-refractivity contribution in [1.82, 2.24) is 20.4 Å². The molecule has 0 spiro atoms. The van der Waals surface area contributed by atoms with Gasteiger partial charge in [0.25, 0.3) is 11.8 Å². The number of fused-ring (bicyclic) bond motifs is 1. The molecule has 1 aromatic carbocycles. The summed E-state index contributed by atoms with van der Waals surface area (Å²) in [6.45, 7) is 3.04. The van der Waals surface area contributed by atoms with Crippen molar-refractivity contribution in [1.29, 1.82) is 0 Å². The molecule has 5 amide bonds. The lowest BCUT2D eigenvalue weighted by molar-refractivity contribution is -0.136. The average Bonchev–Trinajstić information content (AvgIpc) is 3.37. The molecule has 10 nitrogen and oxygen atoms in total. The second kappa shape index (κ2) is 8.22. The fourth-order valence-corrected chi connectivity index (χ4v) is 5.11. The minimum atomic E-state index is -1.12. The van der Waals surface area contributed by atoms with E-state index in [0.29, 0.717) is 45.6 Å². The average molecular weight is 457 g/mol. The molecule has 4 aliphatic heterocycles. The summed E-state index contributed by atoms with van der Waals surface area (Å²) in [5.41, 5.74) is -0.0116. The van der Waals surface area contributed by atoms with Crippen LogP contribution in [0.1, 0.15) is 46.4 Å². The zero-order valence-corrected chi connectivity index (χ0v) is 17.9. The van der Waals surface area contributed by atoms with Crippen molar-refractivity contribution in [3.8, 4) is 0 Å². The topological polar surface area (TPSA) is 119 Å². The van der Waals surface area contributed by atoms with Gasteiger partial charge in [-0.05, 0) is 31.4 Å². The Morgan fingerprint density at radius 3 is 2.36 bits per heavy atom. The highest BCUT2D eigenvalue weighted by atomic mass is 19.1. The number of piperidine rings is 1. The van der Waals surface area contributed by atoms with Crippen molar-refractivity contribution in [2.24, 2.45) is 0 Å². The molecule has 0 aromatic heterocycles. The first kappa shape index (κ1) is 21.5. The van der Waals surface area contributed by atoms with Crippen molar-refractivity contribution in [2.75, 3.05) is 37.6 Å². The van der Waals surface area contributed by atoms with Crippen molar-refractivity contribution >= 4 is 35.2 Å². The maximum absolute atomic E-state index is 15.2. The van der Waals surface area contributed by atoms with E-state index in [4.69, 9.17) is 0 Å². The molecule has 0 saturated carbocycles. The monoisotopic (exact) mass is 457 g/mol. The molecular weight excluding hydrogens is 433 g/mol. The van der Waals surface area contributed by atoms with Crippen LogP contribution in [-0.2, 0) is 14.4 Å². The lowest BCUT2D eigenvalue weighted by atomic mass is 10.0. The van der Waals surface area contributed by atoms with E-state index >= 15 is 4.39 Å². The molecule has 2 N–H and O–H groups in total. The van der Waals surface area contributed by atoms with Gasteiger partial charge >= 0.3 is 0 Å². The number of halogens is 1. The number of nitrogens with one attached hydrogen (secondary N) is 2. The van der Waals surface area contributed by atoms with Crippen LogP contribution in [0, 0.1) is 5.82 Å². The Morgan fingerprint density at radius 2 is 1.67 bits per heavy atom. The van der Waals surface area contributed by atoms with Gasteiger partial charge in [0.1, 0.15) is 17.9 Å². The van der Waals surface area contributed by atoms with E-state index in [1.807, 2.05) is 0 Å². The van der Waals surface area contributed by atoms with Crippen molar-refractivity contribution < 1.29 is 28.4 Å². The molecule has 2 atom stereocenters. The second-order valence-corrected chi connectivity index (χ2v) is 8.72. The Labute approximate surface area is 189 Å². The molecule has 0 aliphatic carbocycles. The van der Waals surface area contributed by atoms with Crippen molar-refractivity contribution in [3.05, 3.63) is 29.1 Å². The zero-order valence-electron chi connectivity index (χ0n) is 17.9. The molecule has 33 heavy (non-hydrogen) atoms. The van der Waals surface area contributed by atoms with Gasteiger partial charge in [-0.25, -0.2) is 4.39 Å². The largest absolute Gasteiger partial charge is 0.357 e. The van der Waals surface area contributed by atoms with Gasteiger partial charge in [-0.3, -0.25) is 34.2 Å². The number of nitrogens with zero attached hydrogens (tertiary/aromatic N) is 3. The van der Waals surface area contributed by atoms with Crippen molar-refractivity contribution in [2.45, 2.75) is 37.8 Å². The molecule has 0 bridgehead atoms. The quantitative estimate of drug-likeness (QED) is 0.595. The lowest BCUT2D eigenvalue weighted by Gasteiger charge is -2.34. The van der Waals surface area contributed by atoms with Gasteiger partial charge in [0.05, 0.1) is 16.8 Å². The molecule has 1 aromatic rings. The minimum absolute atomic E-state index is 0.00127. The molecule has 174 valence electrons. The van der Waals surface area contributed by atoms with Gasteiger partial charge in [0.2, 0.25) is 17.7 Å². The van der Waals surface area contributed by atoms with Crippen LogP contribution >= 0.6 is 0 Å². The van der Waals surface area contributed by atoms with Crippen LogP contribution in [0.3, 0.4) is 0 Å². The number of benzene rings is 1. The van der Waals surface area contributed by atoms with E-state index < -0.39 is 41.5 Å². The summed E-state index contributed by atoms with van der Waals surface area (Å²) in [7, 11) is 0. The number of carbonyl (C=O) groups is 5. The first-order chi connectivity index (χ1) is 15.9. The maximum atomic E-state index is 15.2. The number of rotatable bonds is 3. The first-order valence-corrected chi connectivity index (χ1v) is 11.2. The van der Waals surface area contributed by atoms with Gasteiger partial charge < -0.3 is 15.1 Å². The van der Waals surface area contributed by atoms with E-state index in [1.165, 1.54) is 6.07 Å². The fourth-order valence-electron chi connectivity index (χ4n) is 5.11. The van der Waals surface area contributed by atoms with Crippen LogP contribution in [-0.4, -0.2) is 84.1 Å². The number of piperazine rings is 1. The van der Waals surface area contributed by atoms with E-state index in [9.17, 15) is 24.0 Å². The molecule has 3 fully saturated rings. The molecular formula is C22H24FN5O5. The lowest BCUT2D eigenvalue weighted by Crippen LogP contribution is -2.54. The summed E-state index contributed by atoms with van der Waals surface area (Å²) < 4.78 is 15.2. The Kier molecular flexibility index (Phi) is 5.35. The predicted octanol–water partition coefficient (Wildman–Crippen LogP) is -0.372. The van der Waals surface area contributed by atoms with E-state index in [0.717, 1.165) is 11.0 Å². The second-order valence-electron chi connectivity index (χ2n) is 8.72. The Hall–Kier alpha value is -3.34. The van der Waals surface area contributed by atoms with Gasteiger partial charge in [0, 0.05) is 39.1 Å². The van der Waals surface area contributed by atoms with Gasteiger partial charge in [-0.15, -0.1) is 0 Å². The van der Waals surface area contributed by atoms with Crippen LogP contribution in [0.15, 0.2) is 12.1 Å². The zero-order chi connectivity index (χ0) is 23.3. The fraction of sp³-hybridized carbons (Fsp3) is 0.500. The first-order valence-electron chi connectivity index (χ1n) is 11.2.